The summed E-state index contributed by atoms with van der Waals surface area (Å²) in [7, 11) is -4.03. The number of nitrogens with one attached hydrogen (secondary N) is 1. The van der Waals surface area contributed by atoms with Gasteiger partial charge in [-0.3, -0.25) is 0 Å². The molecule has 0 spiro atoms. The molecule has 7 nitrogen and oxygen atoms in total. The Morgan fingerprint density at radius 1 is 1.28 bits per heavy atom. The predicted molar refractivity (Wildman–Crippen MR) is 117 cm³/mol. The van der Waals surface area contributed by atoms with E-state index >= 15 is 0 Å². The number of carbonyl (C=O) groups is 1. The number of thiocarbonyl (C=S) groups is 1. The first kappa shape index (κ1) is 21.3. The molecule has 0 radical (unpaired) electrons. The second kappa shape index (κ2) is 8.52. The highest BCUT2D eigenvalue weighted by Gasteiger charge is 2.40. The van der Waals surface area contributed by atoms with E-state index in [1.54, 1.807) is 61.8 Å². The van der Waals surface area contributed by atoms with Gasteiger partial charge in [0.25, 0.3) is 0 Å². The van der Waals surface area contributed by atoms with Crippen LogP contribution in [0.25, 0.3) is 5.70 Å². The lowest BCUT2D eigenvalue weighted by atomic mass is 10.0. The van der Waals surface area contributed by atoms with Crippen LogP contribution in [-0.4, -0.2) is 46.2 Å². The van der Waals surface area contributed by atoms with Crippen molar-refractivity contribution < 1.29 is 18.3 Å². The van der Waals surface area contributed by atoms with Gasteiger partial charge in [0.15, 0.2) is 5.11 Å². The van der Waals surface area contributed by atoms with Crippen LogP contribution in [-0.2, 0) is 20.6 Å². The highest BCUT2D eigenvalue weighted by atomic mass is 32.2. The fraction of sp³-hybridized carbons (Fsp3) is 0.211. The molecule has 0 saturated heterocycles. The van der Waals surface area contributed by atoms with E-state index in [2.05, 4.69) is 10.3 Å². The number of aromatic nitrogens is 1. The minimum absolute atomic E-state index is 0.0298. The molecule has 152 valence electrons. The Labute approximate surface area is 178 Å². The summed E-state index contributed by atoms with van der Waals surface area (Å²) in [5.41, 5.74) is 0.923. The molecule has 2 N–H and O–H groups in total. The van der Waals surface area contributed by atoms with E-state index in [1.807, 2.05) is 0 Å². The van der Waals surface area contributed by atoms with Gasteiger partial charge in [0.2, 0.25) is 10.0 Å². The fourth-order valence-corrected chi connectivity index (χ4v) is 5.80. The first-order chi connectivity index (χ1) is 13.8. The molecule has 1 aromatic heterocycles. The van der Waals surface area contributed by atoms with Crippen LogP contribution in [0.15, 0.2) is 59.3 Å². The van der Waals surface area contributed by atoms with Gasteiger partial charge >= 0.3 is 5.97 Å². The van der Waals surface area contributed by atoms with Crippen LogP contribution in [0.5, 0.6) is 0 Å². The molecule has 0 bridgehead atoms. The van der Waals surface area contributed by atoms with Crippen LogP contribution in [0.1, 0.15) is 18.1 Å². The average Bonchev–Trinajstić information content (AvgIpc) is 2.67. The van der Waals surface area contributed by atoms with Gasteiger partial charge in [0.05, 0.1) is 23.1 Å². The highest BCUT2D eigenvalue weighted by molar-refractivity contribution is 7.98. The Kier molecular flexibility index (Phi) is 6.25. The Morgan fingerprint density at radius 2 is 1.97 bits per heavy atom. The lowest BCUT2D eigenvalue weighted by Gasteiger charge is -2.36. The lowest BCUT2D eigenvalue weighted by Crippen LogP contribution is -2.52. The number of thioether (sulfide) groups is 1. The standard InChI is InChI=1S/C19H19N3O4S3/c1-12-15(18(23)24)16(14-9-6-10-20-17(14)28-2)22(19(27)21-12)29(25,26)11-13-7-4-3-5-8-13/h3-10,12H,11H2,1-2H3,(H,21,27)(H,23,24). The summed E-state index contributed by atoms with van der Waals surface area (Å²) >= 11 is 6.64. The predicted octanol–water partition coefficient (Wildman–Crippen LogP) is 2.71. The quantitative estimate of drug-likeness (QED) is 0.513. The monoisotopic (exact) mass is 449 g/mol. The maximum atomic E-state index is 13.4. The summed E-state index contributed by atoms with van der Waals surface area (Å²) in [4.78, 5) is 16.4. The van der Waals surface area contributed by atoms with Crippen LogP contribution in [0, 0.1) is 0 Å². The Hall–Kier alpha value is -2.43. The van der Waals surface area contributed by atoms with Crippen molar-refractivity contribution in [3.63, 3.8) is 0 Å². The van der Waals surface area contributed by atoms with Gasteiger partial charge < -0.3 is 10.4 Å². The number of benzene rings is 1. The van der Waals surface area contributed by atoms with E-state index in [9.17, 15) is 18.3 Å². The third kappa shape index (κ3) is 4.29. The fourth-order valence-electron chi connectivity index (χ4n) is 3.12. The summed E-state index contributed by atoms with van der Waals surface area (Å²) in [6, 6.07) is 11.3. The van der Waals surface area contributed by atoms with E-state index in [4.69, 9.17) is 12.2 Å². The van der Waals surface area contributed by atoms with E-state index in [0.717, 1.165) is 4.31 Å². The molecule has 2 aromatic rings. The minimum Gasteiger partial charge on any atom is -0.478 e. The van der Waals surface area contributed by atoms with Gasteiger partial charge in [0.1, 0.15) is 5.03 Å². The van der Waals surface area contributed by atoms with Crippen molar-refractivity contribution in [1.29, 1.82) is 0 Å². The first-order valence-corrected chi connectivity index (χ1v) is 11.8. The summed E-state index contributed by atoms with van der Waals surface area (Å²) < 4.78 is 27.7. The largest absolute Gasteiger partial charge is 0.478 e. The summed E-state index contributed by atoms with van der Waals surface area (Å²) in [6.07, 6.45) is 3.36. The Bertz CT molecular complexity index is 1080. The molecule has 0 amide bonds. The zero-order valence-electron chi connectivity index (χ0n) is 15.7. The molecule has 1 atom stereocenters. The van der Waals surface area contributed by atoms with Crippen LogP contribution in [0.3, 0.4) is 0 Å². The summed E-state index contributed by atoms with van der Waals surface area (Å²) in [5, 5.41) is 13.1. The molecule has 1 aliphatic rings. The van der Waals surface area contributed by atoms with Crippen molar-refractivity contribution in [2.45, 2.75) is 23.7 Å². The van der Waals surface area contributed by atoms with Crippen LogP contribution in [0.2, 0.25) is 0 Å². The van der Waals surface area contributed by atoms with Crippen molar-refractivity contribution in [1.82, 2.24) is 14.6 Å². The zero-order valence-corrected chi connectivity index (χ0v) is 18.1. The van der Waals surface area contributed by atoms with Gasteiger partial charge in [-0.05, 0) is 43.1 Å². The molecular formula is C19H19N3O4S3. The van der Waals surface area contributed by atoms with Crippen molar-refractivity contribution in [2.24, 2.45) is 0 Å². The average molecular weight is 450 g/mol. The SMILES string of the molecule is CSc1ncccc1C1=C(C(=O)O)C(C)NC(=S)N1S(=O)(=O)Cc1ccccc1. The van der Waals surface area contributed by atoms with Gasteiger partial charge in [0, 0.05) is 11.8 Å². The molecule has 1 unspecified atom stereocenters. The maximum absolute atomic E-state index is 13.4. The zero-order chi connectivity index (χ0) is 21.2. The Morgan fingerprint density at radius 3 is 2.59 bits per heavy atom. The van der Waals surface area contributed by atoms with Gasteiger partial charge in [-0.1, -0.05) is 30.3 Å². The van der Waals surface area contributed by atoms with E-state index in [0.29, 0.717) is 16.2 Å². The second-order valence-electron chi connectivity index (χ2n) is 6.31. The molecule has 0 aliphatic carbocycles. The molecule has 1 aliphatic heterocycles. The maximum Gasteiger partial charge on any atom is 0.335 e. The van der Waals surface area contributed by atoms with Crippen LogP contribution in [0.4, 0.5) is 0 Å². The third-order valence-corrected chi connectivity index (χ3v) is 7.08. The molecular weight excluding hydrogens is 430 g/mol. The first-order valence-electron chi connectivity index (χ1n) is 8.60. The topological polar surface area (TPSA) is 99.6 Å². The molecule has 0 saturated carbocycles. The molecule has 2 heterocycles. The molecule has 10 heteroatoms. The number of sulfonamides is 1. The summed E-state index contributed by atoms with van der Waals surface area (Å²) in [5.74, 6) is -1.55. The van der Waals surface area contributed by atoms with Gasteiger partial charge in [-0.15, -0.1) is 11.8 Å². The van der Waals surface area contributed by atoms with Crippen molar-refractivity contribution >= 4 is 50.8 Å². The molecule has 29 heavy (non-hydrogen) atoms. The Balaban J connectivity index is 2.25. The van der Waals surface area contributed by atoms with Crippen molar-refractivity contribution in [2.75, 3.05) is 6.26 Å². The molecule has 3 rings (SSSR count). The third-order valence-electron chi connectivity index (χ3n) is 4.34. The number of aliphatic carboxylic acids is 1. The number of rotatable bonds is 6. The lowest BCUT2D eigenvalue weighted by molar-refractivity contribution is -0.132. The number of hydrogen-bond acceptors (Lipinski definition) is 6. The van der Waals surface area contributed by atoms with E-state index in [1.165, 1.54) is 11.8 Å². The summed E-state index contributed by atoms with van der Waals surface area (Å²) in [6.45, 7) is 1.63. The molecule has 1 aromatic carbocycles. The number of pyridine rings is 1. The minimum atomic E-state index is -4.03. The highest BCUT2D eigenvalue weighted by Crippen LogP contribution is 2.36. The van der Waals surface area contributed by atoms with Crippen molar-refractivity contribution in [3.8, 4) is 0 Å². The molecule has 0 fully saturated rings. The van der Waals surface area contributed by atoms with Crippen molar-refractivity contribution in [3.05, 3.63) is 65.4 Å². The second-order valence-corrected chi connectivity index (χ2v) is 9.30. The number of carboxylic acids is 1. The van der Waals surface area contributed by atoms with Gasteiger partial charge in [-0.25, -0.2) is 22.5 Å². The van der Waals surface area contributed by atoms with E-state index in [-0.39, 0.29) is 22.1 Å². The van der Waals surface area contributed by atoms with Gasteiger partial charge in [-0.2, -0.15) is 0 Å². The number of carboxylic acid groups (broad SMARTS) is 1. The number of hydrogen-bond donors (Lipinski definition) is 2. The number of nitrogens with zero attached hydrogens (tertiary/aromatic N) is 2. The normalized spacial score (nSPS) is 17.2. The van der Waals surface area contributed by atoms with E-state index < -0.39 is 22.0 Å². The van der Waals surface area contributed by atoms with Crippen LogP contribution < -0.4 is 5.32 Å². The van der Waals surface area contributed by atoms with Crippen LogP contribution >= 0.6 is 24.0 Å². The smallest absolute Gasteiger partial charge is 0.335 e.